The molecule has 0 amide bonds. The van der Waals surface area contributed by atoms with Crippen molar-refractivity contribution >= 4 is 18.1 Å². The molecule has 4 heterocycles. The summed E-state index contributed by atoms with van der Waals surface area (Å²) in [6.07, 6.45) is 4.42. The van der Waals surface area contributed by atoms with Crippen molar-refractivity contribution in [1.29, 1.82) is 5.26 Å². The van der Waals surface area contributed by atoms with Crippen LogP contribution in [0.2, 0.25) is 0 Å². The average Bonchev–Trinajstić information content (AvgIpc) is 3.63. The zero-order valence-electron chi connectivity index (χ0n) is 16.9. The van der Waals surface area contributed by atoms with Crippen molar-refractivity contribution in [3.63, 3.8) is 0 Å². The lowest BCUT2D eigenvalue weighted by Gasteiger charge is -1.98. The summed E-state index contributed by atoms with van der Waals surface area (Å²) in [5, 5.41) is 19.0. The molecule has 0 saturated heterocycles. The molecule has 8 nitrogen and oxygen atoms in total. The van der Waals surface area contributed by atoms with E-state index in [4.69, 9.17) is 17.7 Å². The SMILES string of the molecule is N#Cc1c(N=Cc2ccc(-c3cccc(C(=O)O)c3)o2)oc(-c2ccco2)c1-c1ccco1. The molecule has 5 rings (SSSR count). The predicted molar refractivity (Wildman–Crippen MR) is 117 cm³/mol. The molecule has 0 bridgehead atoms. The van der Waals surface area contributed by atoms with E-state index in [0.29, 0.717) is 39.9 Å². The number of carboxylic acids is 1. The first-order chi connectivity index (χ1) is 16.1. The Morgan fingerprint density at radius 2 is 1.73 bits per heavy atom. The van der Waals surface area contributed by atoms with Crippen molar-refractivity contribution in [3.8, 4) is 40.2 Å². The van der Waals surface area contributed by atoms with Gasteiger partial charge in [-0.05, 0) is 48.5 Å². The third kappa shape index (κ3) is 3.75. The standard InChI is InChI=1S/C25H14N2O6/c26-13-18-22(20-6-2-10-30-20)23(21-7-3-11-31-21)33-24(18)27-14-17-8-9-19(32-17)15-4-1-5-16(12-15)25(28)29/h1-12,14H,(H,28,29). The summed E-state index contributed by atoms with van der Waals surface area (Å²) in [7, 11) is 0. The zero-order valence-corrected chi connectivity index (χ0v) is 16.9. The Morgan fingerprint density at radius 1 is 0.939 bits per heavy atom. The fourth-order valence-electron chi connectivity index (χ4n) is 3.36. The summed E-state index contributed by atoms with van der Waals surface area (Å²) in [5.41, 5.74) is 1.40. The number of hydrogen-bond acceptors (Lipinski definition) is 7. The molecule has 1 N–H and O–H groups in total. The van der Waals surface area contributed by atoms with Crippen LogP contribution in [-0.4, -0.2) is 17.3 Å². The summed E-state index contributed by atoms with van der Waals surface area (Å²) in [4.78, 5) is 15.5. The van der Waals surface area contributed by atoms with Crippen LogP contribution < -0.4 is 0 Å². The first kappa shape index (κ1) is 19.9. The first-order valence-electron chi connectivity index (χ1n) is 9.76. The summed E-state index contributed by atoms with van der Waals surface area (Å²) in [6.45, 7) is 0. The molecule has 0 unspecified atom stereocenters. The van der Waals surface area contributed by atoms with Crippen molar-refractivity contribution in [2.75, 3.05) is 0 Å². The summed E-state index contributed by atoms with van der Waals surface area (Å²) < 4.78 is 22.6. The van der Waals surface area contributed by atoms with Crippen LogP contribution in [-0.2, 0) is 0 Å². The average molecular weight is 438 g/mol. The number of carboxylic acid groups (broad SMARTS) is 1. The molecule has 0 radical (unpaired) electrons. The monoisotopic (exact) mass is 438 g/mol. The topological polar surface area (TPSA) is 126 Å². The first-order valence-corrected chi connectivity index (χ1v) is 9.76. The Hall–Kier alpha value is -5.03. The number of hydrogen-bond donors (Lipinski definition) is 1. The zero-order chi connectivity index (χ0) is 22.8. The van der Waals surface area contributed by atoms with Crippen LogP contribution in [0.15, 0.2) is 95.9 Å². The highest BCUT2D eigenvalue weighted by atomic mass is 16.4. The van der Waals surface area contributed by atoms with Gasteiger partial charge in [0.15, 0.2) is 11.5 Å². The van der Waals surface area contributed by atoms with Crippen LogP contribution in [0.25, 0.3) is 34.2 Å². The van der Waals surface area contributed by atoms with Crippen molar-refractivity contribution in [3.05, 3.63) is 90.1 Å². The van der Waals surface area contributed by atoms with Crippen LogP contribution in [0.5, 0.6) is 0 Å². The molecule has 0 spiro atoms. The molecular formula is C25H14N2O6. The van der Waals surface area contributed by atoms with Gasteiger partial charge in [-0.2, -0.15) is 5.26 Å². The van der Waals surface area contributed by atoms with Crippen molar-refractivity contribution in [1.82, 2.24) is 0 Å². The lowest BCUT2D eigenvalue weighted by molar-refractivity contribution is 0.0697. The molecule has 1 aromatic carbocycles. The van der Waals surface area contributed by atoms with Gasteiger partial charge in [0, 0.05) is 5.56 Å². The summed E-state index contributed by atoms with van der Waals surface area (Å²) in [5.74, 6) is 1.12. The van der Waals surface area contributed by atoms with Gasteiger partial charge in [0.25, 0.3) is 0 Å². The van der Waals surface area contributed by atoms with Crippen LogP contribution in [0.4, 0.5) is 5.88 Å². The number of furan rings is 4. The van der Waals surface area contributed by atoms with Gasteiger partial charge in [-0.1, -0.05) is 12.1 Å². The number of aliphatic imine (C=N–C) groups is 1. The van der Waals surface area contributed by atoms with Gasteiger partial charge in [-0.25, -0.2) is 9.79 Å². The molecule has 160 valence electrons. The fraction of sp³-hybridized carbons (Fsp3) is 0. The van der Waals surface area contributed by atoms with Crippen LogP contribution in [0.3, 0.4) is 0 Å². The lowest BCUT2D eigenvalue weighted by atomic mass is 10.1. The number of nitrogens with zero attached hydrogens (tertiary/aromatic N) is 2. The molecule has 0 fully saturated rings. The lowest BCUT2D eigenvalue weighted by Crippen LogP contribution is -1.95. The molecule has 0 aliphatic rings. The molecule has 4 aromatic heterocycles. The predicted octanol–water partition coefficient (Wildman–Crippen LogP) is 6.38. The molecule has 0 atom stereocenters. The van der Waals surface area contributed by atoms with E-state index in [9.17, 15) is 15.2 Å². The largest absolute Gasteiger partial charge is 0.478 e. The van der Waals surface area contributed by atoms with Crippen LogP contribution in [0.1, 0.15) is 21.7 Å². The minimum absolute atomic E-state index is 0.0705. The maximum Gasteiger partial charge on any atom is 0.335 e. The number of rotatable bonds is 6. The van der Waals surface area contributed by atoms with Gasteiger partial charge >= 0.3 is 5.97 Å². The second-order valence-electron chi connectivity index (χ2n) is 6.90. The van der Waals surface area contributed by atoms with E-state index in [1.807, 2.05) is 0 Å². The van der Waals surface area contributed by atoms with Gasteiger partial charge < -0.3 is 22.8 Å². The van der Waals surface area contributed by atoms with Crippen molar-refractivity contribution < 1.29 is 27.6 Å². The molecule has 0 saturated carbocycles. The van der Waals surface area contributed by atoms with Gasteiger partial charge in [0.1, 0.15) is 28.9 Å². The van der Waals surface area contributed by atoms with E-state index in [2.05, 4.69) is 11.1 Å². The maximum absolute atomic E-state index is 11.2. The molecule has 8 heteroatoms. The Balaban J connectivity index is 1.51. The highest BCUT2D eigenvalue weighted by Crippen LogP contribution is 2.42. The van der Waals surface area contributed by atoms with E-state index in [1.165, 1.54) is 30.9 Å². The third-order valence-electron chi connectivity index (χ3n) is 4.84. The van der Waals surface area contributed by atoms with E-state index >= 15 is 0 Å². The molecule has 0 aliphatic carbocycles. The smallest absolute Gasteiger partial charge is 0.335 e. The Bertz CT molecular complexity index is 1490. The number of carbonyl (C=O) groups is 1. The highest BCUT2D eigenvalue weighted by Gasteiger charge is 2.26. The number of aromatic carboxylic acids is 1. The fourth-order valence-corrected chi connectivity index (χ4v) is 3.36. The second-order valence-corrected chi connectivity index (χ2v) is 6.90. The van der Waals surface area contributed by atoms with E-state index in [-0.39, 0.29) is 17.0 Å². The molecule has 0 aliphatic heterocycles. The van der Waals surface area contributed by atoms with Gasteiger partial charge in [0.2, 0.25) is 5.88 Å². The van der Waals surface area contributed by atoms with Crippen LogP contribution >= 0.6 is 0 Å². The van der Waals surface area contributed by atoms with Gasteiger partial charge in [-0.3, -0.25) is 0 Å². The van der Waals surface area contributed by atoms with E-state index in [0.717, 1.165) is 0 Å². The van der Waals surface area contributed by atoms with E-state index < -0.39 is 5.97 Å². The quantitative estimate of drug-likeness (QED) is 0.305. The normalized spacial score (nSPS) is 11.1. The minimum atomic E-state index is -1.02. The highest BCUT2D eigenvalue weighted by molar-refractivity contribution is 5.89. The van der Waals surface area contributed by atoms with Crippen LogP contribution in [0, 0.1) is 11.3 Å². The molecule has 5 aromatic rings. The summed E-state index contributed by atoms with van der Waals surface area (Å²) in [6, 6.07) is 18.8. The number of benzene rings is 1. The van der Waals surface area contributed by atoms with Crippen molar-refractivity contribution in [2.45, 2.75) is 0 Å². The Labute approximate surface area is 186 Å². The minimum Gasteiger partial charge on any atom is -0.478 e. The molecule has 33 heavy (non-hydrogen) atoms. The Morgan fingerprint density at radius 3 is 2.42 bits per heavy atom. The van der Waals surface area contributed by atoms with E-state index in [1.54, 1.807) is 48.5 Å². The van der Waals surface area contributed by atoms with Crippen molar-refractivity contribution in [2.24, 2.45) is 4.99 Å². The third-order valence-corrected chi connectivity index (χ3v) is 4.84. The summed E-state index contributed by atoms with van der Waals surface area (Å²) >= 11 is 0. The Kier molecular flexibility index (Phi) is 4.97. The second kappa shape index (κ2) is 8.24. The number of nitriles is 1. The molecular weight excluding hydrogens is 424 g/mol. The maximum atomic E-state index is 11.2. The van der Waals surface area contributed by atoms with Gasteiger partial charge in [-0.15, -0.1) is 0 Å². The van der Waals surface area contributed by atoms with Gasteiger partial charge in [0.05, 0.1) is 29.9 Å².